The number of anilines is 1. The molecule has 0 aliphatic carbocycles. The molecule has 1 heterocycles. The van der Waals surface area contributed by atoms with Crippen molar-refractivity contribution < 1.29 is 0 Å². The Hall–Kier alpha value is -1.39. The van der Waals surface area contributed by atoms with Crippen molar-refractivity contribution in [2.75, 3.05) is 18.9 Å². The summed E-state index contributed by atoms with van der Waals surface area (Å²) in [6.07, 6.45) is 1.86. The van der Waals surface area contributed by atoms with Crippen LogP contribution in [-0.4, -0.2) is 23.5 Å². The smallest absolute Gasteiger partial charge is 0.0564 e. The van der Waals surface area contributed by atoms with E-state index in [2.05, 4.69) is 69.4 Å². The van der Waals surface area contributed by atoms with E-state index >= 15 is 0 Å². The van der Waals surface area contributed by atoms with Crippen LogP contribution in [0.5, 0.6) is 0 Å². The summed E-state index contributed by atoms with van der Waals surface area (Å²) in [6, 6.07) is 12.5. The van der Waals surface area contributed by atoms with Crippen LogP contribution in [0.4, 0.5) is 5.69 Å². The zero-order chi connectivity index (χ0) is 14.4. The fourth-order valence-corrected chi connectivity index (χ4v) is 2.60. The minimum Gasteiger partial charge on any atom is -0.385 e. The van der Waals surface area contributed by atoms with E-state index < -0.39 is 0 Å². The average molecular weight is 334 g/mol. The Bertz CT molecular complexity index is 557. The van der Waals surface area contributed by atoms with Crippen molar-refractivity contribution in [3.63, 3.8) is 0 Å². The van der Waals surface area contributed by atoms with E-state index in [1.54, 1.807) is 0 Å². The van der Waals surface area contributed by atoms with Gasteiger partial charge in [0.2, 0.25) is 0 Å². The second-order valence-corrected chi connectivity index (χ2v) is 5.78. The summed E-state index contributed by atoms with van der Waals surface area (Å²) in [5.74, 6) is 0. The molecular weight excluding hydrogens is 314 g/mol. The summed E-state index contributed by atoms with van der Waals surface area (Å²) in [5.41, 5.74) is 3.51. The molecule has 0 fully saturated rings. The quantitative estimate of drug-likeness (QED) is 0.868. The Kier molecular flexibility index (Phi) is 5.56. The topological polar surface area (TPSA) is 28.2 Å². The molecule has 106 valence electrons. The van der Waals surface area contributed by atoms with E-state index in [0.717, 1.165) is 35.5 Å². The van der Waals surface area contributed by atoms with Crippen LogP contribution in [-0.2, 0) is 13.1 Å². The molecule has 0 bridgehead atoms. The van der Waals surface area contributed by atoms with E-state index in [1.165, 1.54) is 5.56 Å². The van der Waals surface area contributed by atoms with Crippen LogP contribution in [0.2, 0.25) is 0 Å². The average Bonchev–Trinajstić information content (AvgIpc) is 2.39. The predicted octanol–water partition coefficient (Wildman–Crippen LogP) is 3.91. The molecule has 2 rings (SSSR count). The second kappa shape index (κ2) is 7.41. The van der Waals surface area contributed by atoms with Crippen LogP contribution in [0.3, 0.4) is 0 Å². The first-order valence-electron chi connectivity index (χ1n) is 6.79. The standard InChI is InChI=1S/C16H20BrN3/c1-3-18-15-7-8-19-16(10-15)12-20(2)11-13-5-4-6-14(17)9-13/h4-10H,3,11-12H2,1-2H3,(H,18,19). The van der Waals surface area contributed by atoms with Gasteiger partial charge >= 0.3 is 0 Å². The normalized spacial score (nSPS) is 10.8. The van der Waals surface area contributed by atoms with Crippen LogP contribution >= 0.6 is 15.9 Å². The van der Waals surface area contributed by atoms with Crippen molar-refractivity contribution >= 4 is 21.6 Å². The Labute approximate surface area is 129 Å². The number of benzene rings is 1. The van der Waals surface area contributed by atoms with Gasteiger partial charge in [-0.15, -0.1) is 0 Å². The molecular formula is C16H20BrN3. The Morgan fingerprint density at radius 2 is 2.05 bits per heavy atom. The van der Waals surface area contributed by atoms with E-state index in [-0.39, 0.29) is 0 Å². The van der Waals surface area contributed by atoms with Crippen molar-refractivity contribution in [2.24, 2.45) is 0 Å². The predicted molar refractivity (Wildman–Crippen MR) is 87.7 cm³/mol. The van der Waals surface area contributed by atoms with Gasteiger partial charge in [-0.3, -0.25) is 9.88 Å². The minimum absolute atomic E-state index is 0.839. The van der Waals surface area contributed by atoms with Gasteiger partial charge in [0, 0.05) is 36.0 Å². The third kappa shape index (κ3) is 4.62. The fourth-order valence-electron chi connectivity index (χ4n) is 2.16. The van der Waals surface area contributed by atoms with Crippen molar-refractivity contribution in [1.29, 1.82) is 0 Å². The lowest BCUT2D eigenvalue weighted by atomic mass is 10.2. The summed E-state index contributed by atoms with van der Waals surface area (Å²) in [7, 11) is 2.11. The summed E-state index contributed by atoms with van der Waals surface area (Å²) in [6.45, 7) is 4.77. The molecule has 0 radical (unpaired) electrons. The lowest BCUT2D eigenvalue weighted by molar-refractivity contribution is 0.315. The highest BCUT2D eigenvalue weighted by molar-refractivity contribution is 9.10. The first-order chi connectivity index (χ1) is 9.67. The Balaban J connectivity index is 1.97. The van der Waals surface area contributed by atoms with Gasteiger partial charge in [0.25, 0.3) is 0 Å². The van der Waals surface area contributed by atoms with Gasteiger partial charge in [0.05, 0.1) is 5.69 Å². The van der Waals surface area contributed by atoms with Crippen molar-refractivity contribution in [3.05, 3.63) is 58.3 Å². The van der Waals surface area contributed by atoms with Gasteiger partial charge in [0.15, 0.2) is 0 Å². The molecule has 1 aromatic carbocycles. The molecule has 4 heteroatoms. The van der Waals surface area contributed by atoms with Crippen LogP contribution < -0.4 is 5.32 Å². The van der Waals surface area contributed by atoms with Gasteiger partial charge in [-0.05, 0) is 43.8 Å². The van der Waals surface area contributed by atoms with Gasteiger partial charge in [-0.25, -0.2) is 0 Å². The molecule has 0 unspecified atom stereocenters. The largest absolute Gasteiger partial charge is 0.385 e. The number of aromatic nitrogens is 1. The lowest BCUT2D eigenvalue weighted by Crippen LogP contribution is -2.18. The maximum Gasteiger partial charge on any atom is 0.0564 e. The first kappa shape index (κ1) is 15.0. The molecule has 1 aromatic heterocycles. The number of hydrogen-bond donors (Lipinski definition) is 1. The number of rotatable bonds is 6. The fraction of sp³-hybridized carbons (Fsp3) is 0.312. The van der Waals surface area contributed by atoms with Gasteiger partial charge in [0.1, 0.15) is 0 Å². The van der Waals surface area contributed by atoms with Gasteiger partial charge in [-0.2, -0.15) is 0 Å². The minimum atomic E-state index is 0.839. The van der Waals surface area contributed by atoms with Crippen molar-refractivity contribution in [3.8, 4) is 0 Å². The molecule has 1 N–H and O–H groups in total. The third-order valence-corrected chi connectivity index (χ3v) is 3.46. The summed E-state index contributed by atoms with van der Waals surface area (Å²) < 4.78 is 1.12. The number of pyridine rings is 1. The summed E-state index contributed by atoms with van der Waals surface area (Å²) in [4.78, 5) is 6.69. The third-order valence-electron chi connectivity index (χ3n) is 2.97. The monoisotopic (exact) mass is 333 g/mol. The highest BCUT2D eigenvalue weighted by Crippen LogP contribution is 2.14. The Morgan fingerprint density at radius 1 is 1.20 bits per heavy atom. The number of hydrogen-bond acceptors (Lipinski definition) is 3. The van der Waals surface area contributed by atoms with Crippen LogP contribution in [0.15, 0.2) is 47.1 Å². The lowest BCUT2D eigenvalue weighted by Gasteiger charge is -2.17. The molecule has 3 nitrogen and oxygen atoms in total. The van der Waals surface area contributed by atoms with Crippen LogP contribution in [0, 0.1) is 0 Å². The maximum atomic E-state index is 4.43. The van der Waals surface area contributed by atoms with Crippen LogP contribution in [0.25, 0.3) is 0 Å². The molecule has 0 saturated heterocycles. The number of halogens is 1. The zero-order valence-corrected chi connectivity index (χ0v) is 13.5. The number of nitrogens with one attached hydrogen (secondary N) is 1. The van der Waals surface area contributed by atoms with Crippen molar-refractivity contribution in [1.82, 2.24) is 9.88 Å². The second-order valence-electron chi connectivity index (χ2n) is 4.87. The molecule has 0 aliphatic heterocycles. The summed E-state index contributed by atoms with van der Waals surface area (Å²) >= 11 is 3.51. The molecule has 20 heavy (non-hydrogen) atoms. The maximum absolute atomic E-state index is 4.43. The van der Waals surface area contributed by atoms with E-state index in [4.69, 9.17) is 0 Å². The van der Waals surface area contributed by atoms with E-state index in [9.17, 15) is 0 Å². The van der Waals surface area contributed by atoms with Gasteiger partial charge < -0.3 is 5.32 Å². The Morgan fingerprint density at radius 3 is 2.80 bits per heavy atom. The number of nitrogens with zero attached hydrogens (tertiary/aromatic N) is 2. The summed E-state index contributed by atoms with van der Waals surface area (Å²) in [5, 5.41) is 3.31. The molecule has 0 amide bonds. The highest BCUT2D eigenvalue weighted by atomic mass is 79.9. The van der Waals surface area contributed by atoms with Gasteiger partial charge in [-0.1, -0.05) is 28.1 Å². The molecule has 2 aromatic rings. The molecule has 0 saturated carbocycles. The highest BCUT2D eigenvalue weighted by Gasteiger charge is 2.04. The SMILES string of the molecule is CCNc1ccnc(CN(C)Cc2cccc(Br)c2)c1. The molecule has 0 spiro atoms. The van der Waals surface area contributed by atoms with E-state index in [1.807, 2.05) is 18.3 Å². The molecule has 0 aliphatic rings. The zero-order valence-electron chi connectivity index (χ0n) is 11.9. The van der Waals surface area contributed by atoms with Crippen molar-refractivity contribution in [2.45, 2.75) is 20.0 Å². The molecule has 0 atom stereocenters. The van der Waals surface area contributed by atoms with E-state index in [0.29, 0.717) is 0 Å². The first-order valence-corrected chi connectivity index (χ1v) is 7.58. The van der Waals surface area contributed by atoms with Crippen LogP contribution in [0.1, 0.15) is 18.2 Å².